The highest BCUT2D eigenvalue weighted by atomic mass is 16.3. The number of piperidine rings is 1. The normalized spacial score (nSPS) is 25.2. The molecule has 2 aliphatic rings. The van der Waals surface area contributed by atoms with Gasteiger partial charge in [-0.15, -0.1) is 0 Å². The molecule has 1 amide bonds. The second-order valence-corrected chi connectivity index (χ2v) is 6.51. The van der Waals surface area contributed by atoms with Crippen LogP contribution in [0.1, 0.15) is 51.4 Å². The second-order valence-electron chi connectivity index (χ2n) is 6.51. The number of aliphatic hydroxyl groups is 1. The maximum Gasteiger partial charge on any atom is 0.222 e. The zero-order valence-corrected chi connectivity index (χ0v) is 12.2. The van der Waals surface area contributed by atoms with Crippen LogP contribution in [0.15, 0.2) is 0 Å². The van der Waals surface area contributed by atoms with E-state index in [9.17, 15) is 9.90 Å². The summed E-state index contributed by atoms with van der Waals surface area (Å²) < 4.78 is 0. The van der Waals surface area contributed by atoms with Crippen LogP contribution in [0.4, 0.5) is 0 Å². The summed E-state index contributed by atoms with van der Waals surface area (Å²) in [5.74, 6) is 0.643. The first-order chi connectivity index (χ1) is 9.07. The lowest BCUT2D eigenvalue weighted by Crippen LogP contribution is -2.41. The minimum Gasteiger partial charge on any atom is -0.389 e. The summed E-state index contributed by atoms with van der Waals surface area (Å²) in [6.45, 7) is 3.04. The van der Waals surface area contributed by atoms with Gasteiger partial charge in [0, 0.05) is 6.54 Å². The Morgan fingerprint density at radius 1 is 1.26 bits per heavy atom. The zero-order valence-electron chi connectivity index (χ0n) is 12.2. The van der Waals surface area contributed by atoms with Crippen LogP contribution in [0.2, 0.25) is 0 Å². The van der Waals surface area contributed by atoms with E-state index in [-0.39, 0.29) is 5.91 Å². The van der Waals surface area contributed by atoms with E-state index in [4.69, 9.17) is 0 Å². The fourth-order valence-electron chi connectivity index (χ4n) is 3.27. The minimum absolute atomic E-state index is 0.0309. The van der Waals surface area contributed by atoms with Gasteiger partial charge in [0.25, 0.3) is 0 Å². The van der Waals surface area contributed by atoms with E-state index in [0.717, 1.165) is 45.3 Å². The van der Waals surface area contributed by atoms with Crippen molar-refractivity contribution >= 4 is 5.91 Å². The van der Waals surface area contributed by atoms with Crippen molar-refractivity contribution in [3.05, 3.63) is 0 Å². The lowest BCUT2D eigenvalue weighted by atomic mass is 9.82. The Hall–Kier alpha value is -0.610. The number of hydrogen-bond acceptors (Lipinski definition) is 3. The fourth-order valence-corrected chi connectivity index (χ4v) is 3.27. The topological polar surface area (TPSA) is 52.6 Å². The van der Waals surface area contributed by atoms with E-state index >= 15 is 0 Å². The molecule has 2 fully saturated rings. The molecule has 4 nitrogen and oxygen atoms in total. The van der Waals surface area contributed by atoms with Crippen molar-refractivity contribution < 1.29 is 9.90 Å². The summed E-state index contributed by atoms with van der Waals surface area (Å²) in [4.78, 5) is 14.3. The summed E-state index contributed by atoms with van der Waals surface area (Å²) in [7, 11) is 2.15. The van der Waals surface area contributed by atoms with E-state index < -0.39 is 5.60 Å². The average Bonchev–Trinajstić information content (AvgIpc) is 2.38. The number of carbonyl (C=O) groups is 1. The van der Waals surface area contributed by atoms with Crippen molar-refractivity contribution in [2.45, 2.75) is 57.0 Å². The minimum atomic E-state index is -0.727. The Morgan fingerprint density at radius 3 is 2.53 bits per heavy atom. The lowest BCUT2D eigenvalue weighted by molar-refractivity contribution is -0.127. The summed E-state index contributed by atoms with van der Waals surface area (Å²) in [5.41, 5.74) is -0.727. The number of nitrogens with one attached hydrogen (secondary N) is 1. The fraction of sp³-hybridized carbons (Fsp3) is 0.933. The zero-order chi connectivity index (χ0) is 13.7. The van der Waals surface area contributed by atoms with Crippen molar-refractivity contribution in [1.82, 2.24) is 10.2 Å². The van der Waals surface area contributed by atoms with E-state index in [1.807, 2.05) is 0 Å². The van der Waals surface area contributed by atoms with Crippen molar-refractivity contribution in [3.63, 3.8) is 0 Å². The Labute approximate surface area is 116 Å². The standard InChI is InChI=1S/C15H28N2O2/c1-17-9-5-13(6-10-17)12-16-14(18)11-15(19)7-3-2-4-8-15/h13,19H,2-12H2,1H3,(H,16,18). The van der Waals surface area contributed by atoms with Gasteiger partial charge < -0.3 is 15.3 Å². The molecule has 1 saturated heterocycles. The second kappa shape index (κ2) is 6.71. The van der Waals surface area contributed by atoms with Crippen LogP contribution in [0.3, 0.4) is 0 Å². The third-order valence-corrected chi connectivity index (χ3v) is 4.70. The van der Waals surface area contributed by atoms with Crippen LogP contribution in [-0.2, 0) is 4.79 Å². The monoisotopic (exact) mass is 268 g/mol. The quantitative estimate of drug-likeness (QED) is 0.813. The highest BCUT2D eigenvalue weighted by Gasteiger charge is 2.31. The van der Waals surface area contributed by atoms with Crippen LogP contribution >= 0.6 is 0 Å². The van der Waals surface area contributed by atoms with E-state index in [1.165, 1.54) is 19.3 Å². The molecule has 1 aliphatic carbocycles. The highest BCUT2D eigenvalue weighted by molar-refractivity contribution is 5.77. The lowest BCUT2D eigenvalue weighted by Gasteiger charge is -2.32. The van der Waals surface area contributed by atoms with Crippen LogP contribution in [0.25, 0.3) is 0 Å². The van der Waals surface area contributed by atoms with E-state index in [0.29, 0.717) is 12.3 Å². The van der Waals surface area contributed by atoms with E-state index in [1.54, 1.807) is 0 Å². The maximum absolute atomic E-state index is 11.9. The number of rotatable bonds is 4. The average molecular weight is 268 g/mol. The Bertz CT molecular complexity index is 293. The molecule has 0 bridgehead atoms. The summed E-state index contributed by atoms with van der Waals surface area (Å²) in [6, 6.07) is 0. The third kappa shape index (κ3) is 4.77. The molecule has 0 radical (unpaired) electrons. The third-order valence-electron chi connectivity index (χ3n) is 4.70. The molecule has 1 saturated carbocycles. The van der Waals surface area contributed by atoms with Crippen molar-refractivity contribution in [1.29, 1.82) is 0 Å². The summed E-state index contributed by atoms with van der Waals surface area (Å²) in [6.07, 6.45) is 7.50. The smallest absolute Gasteiger partial charge is 0.222 e. The van der Waals surface area contributed by atoms with E-state index in [2.05, 4.69) is 17.3 Å². The molecular weight excluding hydrogens is 240 g/mol. The van der Waals surface area contributed by atoms with Crippen LogP contribution in [0.5, 0.6) is 0 Å². The molecule has 110 valence electrons. The SMILES string of the molecule is CN1CCC(CNC(=O)CC2(O)CCCCC2)CC1. The number of nitrogens with zero attached hydrogens (tertiary/aromatic N) is 1. The number of hydrogen-bond donors (Lipinski definition) is 2. The molecule has 19 heavy (non-hydrogen) atoms. The van der Waals surface area contributed by atoms with Crippen LogP contribution < -0.4 is 5.32 Å². The summed E-state index contributed by atoms with van der Waals surface area (Å²) in [5, 5.41) is 13.4. The van der Waals surface area contributed by atoms with Crippen molar-refractivity contribution in [2.75, 3.05) is 26.7 Å². The van der Waals surface area contributed by atoms with Gasteiger partial charge in [0.1, 0.15) is 0 Å². The molecular formula is C15H28N2O2. The van der Waals surface area contributed by atoms with Crippen LogP contribution in [-0.4, -0.2) is 48.2 Å². The number of amides is 1. The predicted molar refractivity (Wildman–Crippen MR) is 75.9 cm³/mol. The Morgan fingerprint density at radius 2 is 1.89 bits per heavy atom. The molecule has 1 heterocycles. The molecule has 0 unspecified atom stereocenters. The van der Waals surface area contributed by atoms with Gasteiger partial charge in [-0.1, -0.05) is 19.3 Å². The van der Waals surface area contributed by atoms with Crippen molar-refractivity contribution in [2.24, 2.45) is 5.92 Å². The Balaban J connectivity index is 1.66. The van der Waals surface area contributed by atoms with Gasteiger partial charge >= 0.3 is 0 Å². The first-order valence-electron chi connectivity index (χ1n) is 7.75. The van der Waals surface area contributed by atoms with Crippen LogP contribution in [0, 0.1) is 5.92 Å². The van der Waals surface area contributed by atoms with Crippen molar-refractivity contribution in [3.8, 4) is 0 Å². The molecule has 4 heteroatoms. The molecule has 0 aromatic rings. The van der Waals surface area contributed by atoms with Gasteiger partial charge in [-0.3, -0.25) is 4.79 Å². The maximum atomic E-state index is 11.9. The molecule has 2 N–H and O–H groups in total. The first-order valence-corrected chi connectivity index (χ1v) is 7.75. The molecule has 1 aliphatic heterocycles. The first kappa shape index (κ1) is 14.8. The van der Waals surface area contributed by atoms with Gasteiger partial charge in [-0.05, 0) is 51.7 Å². The number of likely N-dealkylation sites (tertiary alicyclic amines) is 1. The highest BCUT2D eigenvalue weighted by Crippen LogP contribution is 2.30. The summed E-state index contributed by atoms with van der Waals surface area (Å²) >= 11 is 0. The van der Waals surface area contributed by atoms with Gasteiger partial charge in [0.2, 0.25) is 5.91 Å². The molecule has 0 atom stereocenters. The Kier molecular flexibility index (Phi) is 5.22. The molecule has 0 aromatic carbocycles. The van der Waals surface area contributed by atoms with Gasteiger partial charge in [0.05, 0.1) is 12.0 Å². The predicted octanol–water partition coefficient (Wildman–Crippen LogP) is 1.53. The van der Waals surface area contributed by atoms with Gasteiger partial charge in [-0.2, -0.15) is 0 Å². The van der Waals surface area contributed by atoms with Gasteiger partial charge in [-0.25, -0.2) is 0 Å². The largest absolute Gasteiger partial charge is 0.389 e. The molecule has 0 spiro atoms. The molecule has 2 rings (SSSR count). The molecule has 0 aromatic heterocycles. The number of carbonyl (C=O) groups excluding carboxylic acids is 1. The van der Waals surface area contributed by atoms with Gasteiger partial charge in [0.15, 0.2) is 0 Å².